The zero-order chi connectivity index (χ0) is 13.5. The first-order chi connectivity index (χ1) is 8.56. The number of ether oxygens (including phenoxy) is 2. The molecule has 0 fully saturated rings. The number of benzene rings is 1. The summed E-state index contributed by atoms with van der Waals surface area (Å²) in [6, 6.07) is 5.53. The fourth-order valence-electron chi connectivity index (χ4n) is 1.43. The zero-order valence-electron chi connectivity index (χ0n) is 10.6. The molecule has 1 aromatic carbocycles. The topological polar surface area (TPSA) is 42.5 Å². The SMILES string of the molecule is COCC(C)NC(=S)Nc1ccc(OC)c(Cl)c1. The molecular weight excluding hydrogens is 272 g/mol. The van der Waals surface area contributed by atoms with Crippen LogP contribution in [0, 0.1) is 0 Å². The number of halogens is 1. The van der Waals surface area contributed by atoms with Crippen LogP contribution in [0.5, 0.6) is 5.75 Å². The van der Waals surface area contributed by atoms with Crippen molar-refractivity contribution in [1.82, 2.24) is 5.32 Å². The minimum Gasteiger partial charge on any atom is -0.495 e. The van der Waals surface area contributed by atoms with Crippen molar-refractivity contribution in [1.29, 1.82) is 0 Å². The number of rotatable bonds is 5. The van der Waals surface area contributed by atoms with Crippen molar-refractivity contribution < 1.29 is 9.47 Å². The highest BCUT2D eigenvalue weighted by Crippen LogP contribution is 2.27. The largest absolute Gasteiger partial charge is 0.495 e. The lowest BCUT2D eigenvalue weighted by Crippen LogP contribution is -2.38. The van der Waals surface area contributed by atoms with Gasteiger partial charge in [-0.3, -0.25) is 0 Å². The highest BCUT2D eigenvalue weighted by molar-refractivity contribution is 7.80. The van der Waals surface area contributed by atoms with Crippen molar-refractivity contribution in [3.8, 4) is 5.75 Å². The van der Waals surface area contributed by atoms with E-state index in [4.69, 9.17) is 33.3 Å². The molecule has 1 aromatic rings. The summed E-state index contributed by atoms with van der Waals surface area (Å²) >= 11 is 11.2. The number of hydrogen-bond acceptors (Lipinski definition) is 3. The Kier molecular flexibility index (Phi) is 6.18. The highest BCUT2D eigenvalue weighted by Gasteiger charge is 2.06. The molecule has 0 bridgehead atoms. The van der Waals surface area contributed by atoms with E-state index in [1.807, 2.05) is 13.0 Å². The van der Waals surface area contributed by atoms with Crippen LogP contribution < -0.4 is 15.4 Å². The van der Waals surface area contributed by atoms with Gasteiger partial charge in [-0.1, -0.05) is 11.6 Å². The second kappa shape index (κ2) is 7.41. The van der Waals surface area contributed by atoms with Crippen molar-refractivity contribution in [2.45, 2.75) is 13.0 Å². The average molecular weight is 289 g/mol. The van der Waals surface area contributed by atoms with Crippen LogP contribution in [0.25, 0.3) is 0 Å². The molecule has 1 rings (SSSR count). The van der Waals surface area contributed by atoms with Crippen LogP contribution in [0.15, 0.2) is 18.2 Å². The number of nitrogens with one attached hydrogen (secondary N) is 2. The lowest BCUT2D eigenvalue weighted by molar-refractivity contribution is 0.179. The number of thiocarbonyl (C=S) groups is 1. The Morgan fingerprint density at radius 1 is 1.44 bits per heavy atom. The molecule has 0 aliphatic rings. The molecule has 0 saturated carbocycles. The van der Waals surface area contributed by atoms with Crippen molar-refractivity contribution in [3.63, 3.8) is 0 Å². The summed E-state index contributed by atoms with van der Waals surface area (Å²) < 4.78 is 10.1. The third kappa shape index (κ3) is 4.68. The molecule has 18 heavy (non-hydrogen) atoms. The van der Waals surface area contributed by atoms with E-state index in [-0.39, 0.29) is 6.04 Å². The van der Waals surface area contributed by atoms with E-state index >= 15 is 0 Å². The summed E-state index contributed by atoms with van der Waals surface area (Å²) in [6.07, 6.45) is 0. The normalized spacial score (nSPS) is 11.8. The summed E-state index contributed by atoms with van der Waals surface area (Å²) in [5.74, 6) is 0.633. The first-order valence-electron chi connectivity index (χ1n) is 5.46. The van der Waals surface area contributed by atoms with Crippen LogP contribution >= 0.6 is 23.8 Å². The Labute approximate surface area is 118 Å². The molecule has 0 aromatic heterocycles. The molecular formula is C12H17ClN2O2S. The summed E-state index contributed by atoms with van der Waals surface area (Å²) in [4.78, 5) is 0. The lowest BCUT2D eigenvalue weighted by atomic mass is 10.3. The van der Waals surface area contributed by atoms with Gasteiger partial charge < -0.3 is 20.1 Å². The molecule has 2 N–H and O–H groups in total. The molecule has 0 aliphatic heterocycles. The van der Waals surface area contributed by atoms with E-state index in [1.165, 1.54) is 0 Å². The van der Waals surface area contributed by atoms with Crippen LogP contribution in [-0.2, 0) is 4.74 Å². The number of methoxy groups -OCH3 is 2. The Morgan fingerprint density at radius 3 is 2.72 bits per heavy atom. The van der Waals surface area contributed by atoms with Gasteiger partial charge in [0.15, 0.2) is 5.11 Å². The van der Waals surface area contributed by atoms with Gasteiger partial charge in [-0.15, -0.1) is 0 Å². The smallest absolute Gasteiger partial charge is 0.171 e. The maximum absolute atomic E-state index is 6.02. The first-order valence-corrected chi connectivity index (χ1v) is 6.25. The monoisotopic (exact) mass is 288 g/mol. The fraction of sp³-hybridized carbons (Fsp3) is 0.417. The quantitative estimate of drug-likeness (QED) is 0.816. The second-order valence-corrected chi connectivity index (χ2v) is 4.62. The van der Waals surface area contributed by atoms with Crippen LogP contribution in [0.2, 0.25) is 5.02 Å². The van der Waals surface area contributed by atoms with E-state index < -0.39 is 0 Å². The fourth-order valence-corrected chi connectivity index (χ4v) is 2.00. The van der Waals surface area contributed by atoms with Gasteiger partial charge in [-0.2, -0.15) is 0 Å². The minimum atomic E-state index is 0.142. The minimum absolute atomic E-state index is 0.142. The highest BCUT2D eigenvalue weighted by atomic mass is 35.5. The van der Waals surface area contributed by atoms with Crippen LogP contribution in [-0.4, -0.2) is 32.0 Å². The number of hydrogen-bond donors (Lipinski definition) is 2. The van der Waals surface area contributed by atoms with Crippen LogP contribution in [0.4, 0.5) is 5.69 Å². The molecule has 1 unspecified atom stereocenters. The zero-order valence-corrected chi connectivity index (χ0v) is 12.2. The van der Waals surface area contributed by atoms with Gasteiger partial charge in [0.1, 0.15) is 5.75 Å². The van der Waals surface area contributed by atoms with Crippen LogP contribution in [0.3, 0.4) is 0 Å². The molecule has 0 spiro atoms. The maximum Gasteiger partial charge on any atom is 0.171 e. The van der Waals surface area contributed by atoms with Crippen molar-refractivity contribution in [2.24, 2.45) is 0 Å². The summed E-state index contributed by atoms with van der Waals surface area (Å²) in [5.41, 5.74) is 0.808. The standard InChI is InChI=1S/C12H17ClN2O2S/c1-8(7-16-2)14-12(18)15-9-4-5-11(17-3)10(13)6-9/h4-6,8H,7H2,1-3H3,(H2,14,15,18). The second-order valence-electron chi connectivity index (χ2n) is 3.80. The van der Waals surface area contributed by atoms with Gasteiger partial charge in [-0.05, 0) is 37.3 Å². The van der Waals surface area contributed by atoms with E-state index in [1.54, 1.807) is 26.4 Å². The van der Waals surface area contributed by atoms with Crippen molar-refractivity contribution in [2.75, 3.05) is 26.1 Å². The van der Waals surface area contributed by atoms with Gasteiger partial charge in [0.05, 0.1) is 18.7 Å². The van der Waals surface area contributed by atoms with Crippen molar-refractivity contribution in [3.05, 3.63) is 23.2 Å². The van der Waals surface area contributed by atoms with E-state index in [2.05, 4.69) is 10.6 Å². The summed E-state index contributed by atoms with van der Waals surface area (Å²) in [7, 11) is 3.23. The maximum atomic E-state index is 6.02. The first kappa shape index (κ1) is 15.0. The Bertz CT molecular complexity index is 415. The van der Waals surface area contributed by atoms with Crippen molar-refractivity contribution >= 4 is 34.6 Å². The Balaban J connectivity index is 2.57. The van der Waals surface area contributed by atoms with Gasteiger partial charge in [0, 0.05) is 18.8 Å². The predicted octanol–water partition coefficient (Wildman–Crippen LogP) is 2.67. The van der Waals surface area contributed by atoms with E-state index in [9.17, 15) is 0 Å². The third-order valence-corrected chi connectivity index (χ3v) is 2.72. The molecule has 100 valence electrons. The summed E-state index contributed by atoms with van der Waals surface area (Å²) in [6.45, 7) is 2.57. The molecule has 0 heterocycles. The van der Waals surface area contributed by atoms with Gasteiger partial charge in [0.25, 0.3) is 0 Å². The van der Waals surface area contributed by atoms with Gasteiger partial charge in [-0.25, -0.2) is 0 Å². The van der Waals surface area contributed by atoms with Crippen LogP contribution in [0.1, 0.15) is 6.92 Å². The van der Waals surface area contributed by atoms with Gasteiger partial charge >= 0.3 is 0 Å². The molecule has 0 saturated heterocycles. The predicted molar refractivity (Wildman–Crippen MR) is 78.7 cm³/mol. The molecule has 1 atom stereocenters. The molecule has 6 heteroatoms. The lowest BCUT2D eigenvalue weighted by Gasteiger charge is -2.16. The Morgan fingerprint density at radius 2 is 2.17 bits per heavy atom. The van der Waals surface area contributed by atoms with E-state index in [0.29, 0.717) is 22.5 Å². The molecule has 0 aliphatic carbocycles. The Hall–Kier alpha value is -1.04. The van der Waals surface area contributed by atoms with E-state index in [0.717, 1.165) is 5.69 Å². The average Bonchev–Trinajstić information content (AvgIpc) is 2.29. The van der Waals surface area contributed by atoms with Gasteiger partial charge in [0.2, 0.25) is 0 Å². The molecule has 4 nitrogen and oxygen atoms in total. The number of anilines is 1. The summed E-state index contributed by atoms with van der Waals surface area (Å²) in [5, 5.41) is 7.21. The third-order valence-electron chi connectivity index (χ3n) is 2.20. The molecule has 0 radical (unpaired) electrons. The molecule has 0 amide bonds.